The molecule has 0 aliphatic heterocycles. The summed E-state index contributed by atoms with van der Waals surface area (Å²) in [5.74, 6) is -0.175. The maximum atomic E-state index is 14.3. The number of nitrogens with one attached hydrogen (secondary N) is 1. The van der Waals surface area contributed by atoms with Crippen molar-refractivity contribution in [2.24, 2.45) is 0 Å². The zero-order chi connectivity index (χ0) is 15.4. The average molecular weight is 350 g/mol. The van der Waals surface area contributed by atoms with Gasteiger partial charge in [0.1, 0.15) is 5.82 Å². The summed E-state index contributed by atoms with van der Waals surface area (Å²) in [5, 5.41) is 3.46. The fraction of sp³-hybridized carbons (Fsp3) is 0.333. The molecule has 0 bridgehead atoms. The highest BCUT2D eigenvalue weighted by Gasteiger charge is 2.18. The molecule has 1 unspecified atom stereocenters. The second-order valence-corrected chi connectivity index (χ2v) is 6.39. The Morgan fingerprint density at radius 1 is 1.10 bits per heavy atom. The second-order valence-electron chi connectivity index (χ2n) is 5.47. The van der Waals surface area contributed by atoms with Crippen molar-refractivity contribution in [2.45, 2.75) is 33.2 Å². The van der Waals surface area contributed by atoms with Gasteiger partial charge in [-0.1, -0.05) is 52.2 Å². The van der Waals surface area contributed by atoms with Crippen molar-refractivity contribution >= 4 is 15.9 Å². The van der Waals surface area contributed by atoms with E-state index in [0.29, 0.717) is 5.56 Å². The third kappa shape index (κ3) is 4.14. The summed E-state index contributed by atoms with van der Waals surface area (Å²) in [6.45, 7) is 7.11. The number of benzene rings is 2. The third-order valence-corrected chi connectivity index (χ3v) is 3.94. The Morgan fingerprint density at radius 3 is 2.38 bits per heavy atom. The van der Waals surface area contributed by atoms with Gasteiger partial charge in [-0.3, -0.25) is 0 Å². The zero-order valence-electron chi connectivity index (χ0n) is 12.7. The van der Waals surface area contributed by atoms with Crippen molar-refractivity contribution in [3.8, 4) is 0 Å². The second kappa shape index (κ2) is 7.19. The quantitative estimate of drug-likeness (QED) is 0.772. The minimum atomic E-state index is -0.175. The van der Waals surface area contributed by atoms with Gasteiger partial charge in [-0.25, -0.2) is 4.39 Å². The standard InChI is InChI=1S/C18H21BrFN/c1-4-7-21-18(14-9-12(2)8-13(3)10-14)16-11-15(19)5-6-17(16)20/h5-6,8-11,18,21H,4,7H2,1-3H3. The first-order chi connectivity index (χ1) is 10.0. The fourth-order valence-corrected chi connectivity index (χ4v) is 2.99. The molecule has 112 valence electrons. The molecule has 0 saturated heterocycles. The predicted molar refractivity (Wildman–Crippen MR) is 90.2 cm³/mol. The molecule has 1 N–H and O–H groups in total. The summed E-state index contributed by atoms with van der Waals surface area (Å²) >= 11 is 3.44. The monoisotopic (exact) mass is 349 g/mol. The summed E-state index contributed by atoms with van der Waals surface area (Å²) < 4.78 is 15.2. The summed E-state index contributed by atoms with van der Waals surface area (Å²) in [6, 6.07) is 11.4. The van der Waals surface area contributed by atoms with Gasteiger partial charge in [0, 0.05) is 10.0 Å². The van der Waals surface area contributed by atoms with Crippen LogP contribution in [-0.2, 0) is 0 Å². The molecule has 1 atom stereocenters. The highest BCUT2D eigenvalue weighted by molar-refractivity contribution is 9.10. The molecule has 0 fully saturated rings. The van der Waals surface area contributed by atoms with E-state index in [9.17, 15) is 4.39 Å². The highest BCUT2D eigenvalue weighted by atomic mass is 79.9. The minimum absolute atomic E-state index is 0.124. The maximum Gasteiger partial charge on any atom is 0.128 e. The molecule has 0 radical (unpaired) electrons. The molecule has 0 heterocycles. The molecule has 0 amide bonds. The number of halogens is 2. The first kappa shape index (κ1) is 16.2. The third-order valence-electron chi connectivity index (χ3n) is 3.44. The van der Waals surface area contributed by atoms with Crippen molar-refractivity contribution in [3.05, 3.63) is 68.9 Å². The van der Waals surface area contributed by atoms with Gasteiger partial charge < -0.3 is 5.32 Å². The van der Waals surface area contributed by atoms with Crippen molar-refractivity contribution < 1.29 is 4.39 Å². The van der Waals surface area contributed by atoms with Crippen LogP contribution in [0.1, 0.15) is 41.6 Å². The topological polar surface area (TPSA) is 12.0 Å². The molecule has 3 heteroatoms. The van der Waals surface area contributed by atoms with Crippen molar-refractivity contribution in [1.29, 1.82) is 0 Å². The summed E-state index contributed by atoms with van der Waals surface area (Å²) in [5.41, 5.74) is 4.19. The van der Waals surface area contributed by atoms with Crippen LogP contribution in [0.5, 0.6) is 0 Å². The van der Waals surface area contributed by atoms with Crippen LogP contribution >= 0.6 is 15.9 Å². The van der Waals surface area contributed by atoms with Crippen LogP contribution in [0.4, 0.5) is 4.39 Å². The number of hydrogen-bond acceptors (Lipinski definition) is 1. The van der Waals surface area contributed by atoms with E-state index >= 15 is 0 Å². The molecule has 21 heavy (non-hydrogen) atoms. The molecule has 2 aromatic rings. The summed E-state index contributed by atoms with van der Waals surface area (Å²) in [6.07, 6.45) is 1.01. The van der Waals surface area contributed by atoms with Crippen molar-refractivity contribution in [1.82, 2.24) is 5.32 Å². The molecule has 0 spiro atoms. The van der Waals surface area contributed by atoms with Crippen LogP contribution in [0, 0.1) is 19.7 Å². The van der Waals surface area contributed by atoms with E-state index < -0.39 is 0 Å². The van der Waals surface area contributed by atoms with Gasteiger partial charge >= 0.3 is 0 Å². The van der Waals surface area contributed by atoms with Crippen LogP contribution in [-0.4, -0.2) is 6.54 Å². The maximum absolute atomic E-state index is 14.3. The smallest absolute Gasteiger partial charge is 0.128 e. The molecular weight excluding hydrogens is 329 g/mol. The Kier molecular flexibility index (Phi) is 5.54. The van der Waals surface area contributed by atoms with E-state index in [4.69, 9.17) is 0 Å². The van der Waals surface area contributed by atoms with Crippen molar-refractivity contribution in [2.75, 3.05) is 6.54 Å². The molecule has 1 nitrogen and oxygen atoms in total. The number of aryl methyl sites for hydroxylation is 2. The highest BCUT2D eigenvalue weighted by Crippen LogP contribution is 2.28. The van der Waals surface area contributed by atoms with Gasteiger partial charge in [0.15, 0.2) is 0 Å². The van der Waals surface area contributed by atoms with Gasteiger partial charge in [0.2, 0.25) is 0 Å². The van der Waals surface area contributed by atoms with E-state index in [1.807, 2.05) is 6.07 Å². The van der Waals surface area contributed by atoms with E-state index in [1.165, 1.54) is 17.2 Å². The Labute approximate surface area is 134 Å². The van der Waals surface area contributed by atoms with Gasteiger partial charge in [0.05, 0.1) is 6.04 Å². The van der Waals surface area contributed by atoms with E-state index in [2.05, 4.69) is 60.2 Å². The Balaban J connectivity index is 2.49. The van der Waals surface area contributed by atoms with Crippen LogP contribution in [0.25, 0.3) is 0 Å². The Hall–Kier alpha value is -1.19. The molecule has 0 aromatic heterocycles. The van der Waals surface area contributed by atoms with Gasteiger partial charge in [-0.2, -0.15) is 0 Å². The number of rotatable bonds is 5. The average Bonchev–Trinajstić information content (AvgIpc) is 2.42. The van der Waals surface area contributed by atoms with Crippen molar-refractivity contribution in [3.63, 3.8) is 0 Å². The number of hydrogen-bond donors (Lipinski definition) is 1. The predicted octanol–water partition coefficient (Wildman–Crippen LogP) is 5.29. The van der Waals surface area contributed by atoms with Crippen LogP contribution in [0.2, 0.25) is 0 Å². The first-order valence-electron chi connectivity index (χ1n) is 7.27. The zero-order valence-corrected chi connectivity index (χ0v) is 14.3. The van der Waals surface area contributed by atoms with E-state index in [-0.39, 0.29) is 11.9 Å². The molecule has 2 rings (SSSR count). The van der Waals surface area contributed by atoms with Gasteiger partial charge in [-0.05, 0) is 50.6 Å². The van der Waals surface area contributed by atoms with Crippen LogP contribution < -0.4 is 5.32 Å². The summed E-state index contributed by atoms with van der Waals surface area (Å²) in [7, 11) is 0. The lowest BCUT2D eigenvalue weighted by atomic mass is 9.95. The van der Waals surface area contributed by atoms with Gasteiger partial charge in [-0.15, -0.1) is 0 Å². The van der Waals surface area contributed by atoms with E-state index in [1.54, 1.807) is 6.07 Å². The fourth-order valence-electron chi connectivity index (χ4n) is 2.61. The van der Waals surface area contributed by atoms with Gasteiger partial charge in [0.25, 0.3) is 0 Å². The molecule has 0 saturated carbocycles. The van der Waals surface area contributed by atoms with Crippen LogP contribution in [0.15, 0.2) is 40.9 Å². The Morgan fingerprint density at radius 2 is 1.76 bits per heavy atom. The SMILES string of the molecule is CCCNC(c1cc(C)cc(C)c1)c1cc(Br)ccc1F. The molecule has 0 aliphatic carbocycles. The lowest BCUT2D eigenvalue weighted by Gasteiger charge is -2.21. The molecular formula is C18H21BrFN. The Bertz CT molecular complexity index is 604. The first-order valence-corrected chi connectivity index (χ1v) is 8.07. The summed E-state index contributed by atoms with van der Waals surface area (Å²) in [4.78, 5) is 0. The lowest BCUT2D eigenvalue weighted by molar-refractivity contribution is 0.546. The largest absolute Gasteiger partial charge is 0.306 e. The molecule has 2 aromatic carbocycles. The molecule has 0 aliphatic rings. The minimum Gasteiger partial charge on any atom is -0.306 e. The van der Waals surface area contributed by atoms with E-state index in [0.717, 1.165) is 23.0 Å². The lowest BCUT2D eigenvalue weighted by Crippen LogP contribution is -2.24. The normalized spacial score (nSPS) is 12.4. The van der Waals surface area contributed by atoms with Crippen LogP contribution in [0.3, 0.4) is 0 Å².